The zero-order chi connectivity index (χ0) is 12.5. The topological polar surface area (TPSA) is 40.6 Å². The van der Waals surface area contributed by atoms with Gasteiger partial charge in [-0.15, -0.1) is 0 Å². The third kappa shape index (κ3) is 2.02. The molecule has 2 amide bonds. The Balaban J connectivity index is 1.77. The van der Waals surface area contributed by atoms with Crippen molar-refractivity contribution in [2.45, 2.75) is 63.5 Å². The van der Waals surface area contributed by atoms with Crippen molar-refractivity contribution in [1.82, 2.24) is 9.80 Å². The minimum absolute atomic E-state index is 0.302. The average Bonchev–Trinajstić information content (AvgIpc) is 2.98. The number of hydrogen-bond donors (Lipinski definition) is 0. The van der Waals surface area contributed by atoms with Gasteiger partial charge in [-0.3, -0.25) is 9.59 Å². The summed E-state index contributed by atoms with van der Waals surface area (Å²) >= 11 is 0. The molecular formula is C14H22N2O2. The molecule has 3 rings (SSSR count). The standard InChI is InChI=1S/C14H22N2O2/c17-13-7-3-9-15(13)11-5-1-2-6-12(11)16-10-4-8-14(16)18/h11-12H,1-10H2. The fourth-order valence-electron chi connectivity index (χ4n) is 3.86. The minimum Gasteiger partial charge on any atom is -0.338 e. The predicted octanol–water partition coefficient (Wildman–Crippen LogP) is 1.54. The van der Waals surface area contributed by atoms with Gasteiger partial charge in [-0.05, 0) is 25.7 Å². The molecule has 0 aromatic rings. The first-order valence-corrected chi connectivity index (χ1v) is 7.36. The summed E-state index contributed by atoms with van der Waals surface area (Å²) < 4.78 is 0. The largest absolute Gasteiger partial charge is 0.338 e. The lowest BCUT2D eigenvalue weighted by molar-refractivity contribution is -0.137. The van der Waals surface area contributed by atoms with Crippen LogP contribution in [-0.2, 0) is 9.59 Å². The second-order valence-corrected chi connectivity index (χ2v) is 5.80. The third-order valence-electron chi connectivity index (χ3n) is 4.71. The van der Waals surface area contributed by atoms with Gasteiger partial charge < -0.3 is 9.80 Å². The van der Waals surface area contributed by atoms with Crippen LogP contribution in [0.3, 0.4) is 0 Å². The predicted molar refractivity (Wildman–Crippen MR) is 67.9 cm³/mol. The van der Waals surface area contributed by atoms with Crippen LogP contribution in [0.25, 0.3) is 0 Å². The molecule has 2 unspecified atom stereocenters. The number of rotatable bonds is 2. The Morgan fingerprint density at radius 2 is 1.17 bits per heavy atom. The molecule has 0 N–H and O–H groups in total. The number of hydrogen-bond acceptors (Lipinski definition) is 2. The summed E-state index contributed by atoms with van der Waals surface area (Å²) in [5.41, 5.74) is 0. The summed E-state index contributed by atoms with van der Waals surface area (Å²) in [5, 5.41) is 0. The average molecular weight is 250 g/mol. The molecule has 2 heterocycles. The van der Waals surface area contributed by atoms with Crippen LogP contribution in [0.5, 0.6) is 0 Å². The van der Waals surface area contributed by atoms with Gasteiger partial charge in [-0.25, -0.2) is 0 Å². The van der Waals surface area contributed by atoms with Crippen LogP contribution in [0, 0.1) is 0 Å². The van der Waals surface area contributed by atoms with Gasteiger partial charge in [0, 0.05) is 25.9 Å². The molecule has 100 valence electrons. The van der Waals surface area contributed by atoms with Crippen LogP contribution in [-0.4, -0.2) is 46.8 Å². The minimum atomic E-state index is 0.302. The van der Waals surface area contributed by atoms with Crippen LogP contribution in [0.15, 0.2) is 0 Å². The van der Waals surface area contributed by atoms with E-state index in [4.69, 9.17) is 0 Å². The van der Waals surface area contributed by atoms with E-state index in [1.54, 1.807) is 0 Å². The second-order valence-electron chi connectivity index (χ2n) is 5.80. The molecule has 0 bridgehead atoms. The molecule has 3 fully saturated rings. The summed E-state index contributed by atoms with van der Waals surface area (Å²) in [6, 6.07) is 0.603. The van der Waals surface area contributed by atoms with Crippen molar-refractivity contribution >= 4 is 11.8 Å². The zero-order valence-corrected chi connectivity index (χ0v) is 10.9. The maximum atomic E-state index is 11.9. The maximum Gasteiger partial charge on any atom is 0.222 e. The Hall–Kier alpha value is -1.06. The lowest BCUT2D eigenvalue weighted by Crippen LogP contribution is -2.54. The van der Waals surface area contributed by atoms with Gasteiger partial charge in [-0.1, -0.05) is 12.8 Å². The first-order chi connectivity index (χ1) is 8.77. The first-order valence-electron chi connectivity index (χ1n) is 7.36. The van der Waals surface area contributed by atoms with E-state index in [0.717, 1.165) is 38.8 Å². The lowest BCUT2D eigenvalue weighted by Gasteiger charge is -2.42. The molecular weight excluding hydrogens is 228 g/mol. The van der Waals surface area contributed by atoms with E-state index in [-0.39, 0.29) is 0 Å². The normalized spacial score (nSPS) is 33.6. The fraction of sp³-hybridized carbons (Fsp3) is 0.857. The Bertz CT molecular complexity index is 322. The molecule has 4 heteroatoms. The summed E-state index contributed by atoms with van der Waals surface area (Å²) in [6.45, 7) is 1.81. The zero-order valence-electron chi connectivity index (χ0n) is 10.9. The summed E-state index contributed by atoms with van der Waals surface area (Å²) in [5.74, 6) is 0.608. The number of likely N-dealkylation sites (tertiary alicyclic amines) is 2. The van der Waals surface area contributed by atoms with Gasteiger partial charge in [0.2, 0.25) is 11.8 Å². The fourth-order valence-corrected chi connectivity index (χ4v) is 3.86. The molecule has 2 aliphatic heterocycles. The highest BCUT2D eigenvalue weighted by Crippen LogP contribution is 2.32. The van der Waals surface area contributed by atoms with E-state index in [1.165, 1.54) is 12.8 Å². The van der Waals surface area contributed by atoms with E-state index < -0.39 is 0 Å². The number of nitrogens with zero attached hydrogens (tertiary/aromatic N) is 2. The summed E-state index contributed by atoms with van der Waals surface area (Å²) in [6.07, 6.45) is 7.97. The molecule has 1 aliphatic carbocycles. The van der Waals surface area contributed by atoms with Crippen molar-refractivity contribution < 1.29 is 9.59 Å². The molecule has 4 nitrogen and oxygen atoms in total. The van der Waals surface area contributed by atoms with Crippen LogP contribution in [0.2, 0.25) is 0 Å². The molecule has 2 saturated heterocycles. The van der Waals surface area contributed by atoms with E-state index in [9.17, 15) is 9.59 Å². The van der Waals surface area contributed by atoms with Crippen molar-refractivity contribution in [2.24, 2.45) is 0 Å². The van der Waals surface area contributed by atoms with Gasteiger partial charge in [-0.2, -0.15) is 0 Å². The summed E-state index contributed by atoms with van der Waals surface area (Å²) in [4.78, 5) is 28.0. The van der Waals surface area contributed by atoms with Gasteiger partial charge in [0.1, 0.15) is 0 Å². The molecule has 0 aromatic heterocycles. The van der Waals surface area contributed by atoms with Gasteiger partial charge in [0.15, 0.2) is 0 Å². The van der Waals surface area contributed by atoms with Crippen LogP contribution < -0.4 is 0 Å². The van der Waals surface area contributed by atoms with Gasteiger partial charge >= 0.3 is 0 Å². The Morgan fingerprint density at radius 3 is 1.50 bits per heavy atom. The van der Waals surface area contributed by atoms with E-state index >= 15 is 0 Å². The molecule has 0 radical (unpaired) electrons. The van der Waals surface area contributed by atoms with E-state index in [0.29, 0.717) is 36.7 Å². The Morgan fingerprint density at radius 1 is 0.722 bits per heavy atom. The quantitative estimate of drug-likeness (QED) is 0.746. The van der Waals surface area contributed by atoms with Crippen molar-refractivity contribution in [2.75, 3.05) is 13.1 Å². The van der Waals surface area contributed by atoms with Gasteiger partial charge in [0.25, 0.3) is 0 Å². The first kappa shape index (κ1) is 12.0. The highest BCUT2D eigenvalue weighted by molar-refractivity contribution is 5.80. The van der Waals surface area contributed by atoms with Crippen LogP contribution >= 0.6 is 0 Å². The van der Waals surface area contributed by atoms with E-state index in [2.05, 4.69) is 9.80 Å². The summed E-state index contributed by atoms with van der Waals surface area (Å²) in [7, 11) is 0. The number of carbonyl (C=O) groups is 2. The maximum absolute atomic E-state index is 11.9. The van der Waals surface area contributed by atoms with Crippen molar-refractivity contribution in [3.63, 3.8) is 0 Å². The second kappa shape index (κ2) is 4.90. The third-order valence-corrected chi connectivity index (χ3v) is 4.71. The number of carbonyl (C=O) groups excluding carboxylic acids is 2. The van der Waals surface area contributed by atoms with Crippen molar-refractivity contribution in [3.8, 4) is 0 Å². The molecule has 1 saturated carbocycles. The number of amides is 2. The molecule has 18 heavy (non-hydrogen) atoms. The Kier molecular flexibility index (Phi) is 3.27. The highest BCUT2D eigenvalue weighted by atomic mass is 16.2. The molecule has 0 aromatic carbocycles. The van der Waals surface area contributed by atoms with Crippen molar-refractivity contribution in [3.05, 3.63) is 0 Å². The smallest absolute Gasteiger partial charge is 0.222 e. The highest BCUT2D eigenvalue weighted by Gasteiger charge is 2.40. The molecule has 2 atom stereocenters. The molecule has 0 spiro atoms. The van der Waals surface area contributed by atoms with Crippen LogP contribution in [0.1, 0.15) is 51.4 Å². The van der Waals surface area contributed by atoms with Crippen LogP contribution in [0.4, 0.5) is 0 Å². The monoisotopic (exact) mass is 250 g/mol. The van der Waals surface area contributed by atoms with E-state index in [1.807, 2.05) is 0 Å². The Labute approximate surface area is 108 Å². The molecule has 3 aliphatic rings. The SMILES string of the molecule is O=C1CCCN1C1CCCCC1N1CCCC1=O. The lowest BCUT2D eigenvalue weighted by atomic mass is 9.88. The van der Waals surface area contributed by atoms with Crippen molar-refractivity contribution in [1.29, 1.82) is 0 Å². The van der Waals surface area contributed by atoms with Gasteiger partial charge in [0.05, 0.1) is 12.1 Å².